The Morgan fingerprint density at radius 1 is 1.00 bits per heavy atom. The zero-order valence-electron chi connectivity index (χ0n) is 16.0. The molecule has 2 aromatic carbocycles. The molecule has 0 saturated carbocycles. The fourth-order valence-corrected chi connectivity index (χ4v) is 3.73. The number of amides is 1. The quantitative estimate of drug-likeness (QED) is 0.772. The molecule has 0 radical (unpaired) electrons. The molecule has 2 aromatic rings. The molecule has 0 aliphatic carbocycles. The summed E-state index contributed by atoms with van der Waals surface area (Å²) in [4.78, 5) is 17.5. The number of hydrogen-bond donors (Lipinski definition) is 0. The Labute approximate surface area is 161 Å². The van der Waals surface area contributed by atoms with Crippen molar-refractivity contribution in [3.8, 4) is 0 Å². The maximum Gasteiger partial charge on any atom is 0.254 e. The number of benzene rings is 2. The smallest absolute Gasteiger partial charge is 0.254 e. The first-order valence-electron chi connectivity index (χ1n) is 9.53. The molecule has 1 amide bonds. The maximum absolute atomic E-state index is 13.3. The molecular weight excluding hydrogens is 336 g/mol. The number of anilines is 1. The van der Waals surface area contributed by atoms with Gasteiger partial charge in [-0.3, -0.25) is 4.79 Å². The highest BCUT2D eigenvalue weighted by Gasteiger charge is 2.38. The van der Waals surface area contributed by atoms with Crippen molar-refractivity contribution in [2.45, 2.75) is 25.5 Å². The molecule has 1 fully saturated rings. The van der Waals surface area contributed by atoms with Gasteiger partial charge < -0.3 is 14.5 Å². The number of carbonyl (C=O) groups is 1. The highest BCUT2D eigenvalue weighted by Crippen LogP contribution is 2.31. The lowest BCUT2D eigenvalue weighted by molar-refractivity contribution is -0.0846. The average molecular weight is 362 g/mol. The average Bonchev–Trinajstić information content (AvgIpc) is 3.23. The molecule has 1 saturated heterocycles. The van der Waals surface area contributed by atoms with E-state index < -0.39 is 0 Å². The summed E-state index contributed by atoms with van der Waals surface area (Å²) in [6.07, 6.45) is 4.25. The molecule has 0 spiro atoms. The van der Waals surface area contributed by atoms with Gasteiger partial charge in [-0.25, -0.2) is 0 Å². The molecule has 2 aliphatic heterocycles. The van der Waals surface area contributed by atoms with Crippen molar-refractivity contribution < 1.29 is 9.53 Å². The summed E-state index contributed by atoms with van der Waals surface area (Å²) >= 11 is 0. The van der Waals surface area contributed by atoms with E-state index in [4.69, 9.17) is 4.74 Å². The molecule has 4 heteroatoms. The second kappa shape index (κ2) is 7.20. The third-order valence-electron chi connectivity index (χ3n) is 5.43. The van der Waals surface area contributed by atoms with Crippen LogP contribution in [0.4, 0.5) is 5.69 Å². The van der Waals surface area contributed by atoms with Crippen molar-refractivity contribution in [2.75, 3.05) is 31.1 Å². The van der Waals surface area contributed by atoms with Gasteiger partial charge in [0.05, 0.1) is 18.7 Å². The summed E-state index contributed by atoms with van der Waals surface area (Å²) < 4.78 is 6.07. The fourth-order valence-electron chi connectivity index (χ4n) is 3.73. The molecule has 2 aliphatic rings. The van der Waals surface area contributed by atoms with Gasteiger partial charge in [0.25, 0.3) is 5.91 Å². The third kappa shape index (κ3) is 3.62. The van der Waals surface area contributed by atoms with Crippen molar-refractivity contribution >= 4 is 11.6 Å². The normalized spacial score (nSPS) is 21.5. The largest absolute Gasteiger partial charge is 0.369 e. The third-order valence-corrected chi connectivity index (χ3v) is 5.43. The summed E-state index contributed by atoms with van der Waals surface area (Å²) in [5, 5.41) is 0. The minimum atomic E-state index is -0.333. The van der Waals surface area contributed by atoms with Crippen LogP contribution in [0.1, 0.15) is 35.9 Å². The number of hydrogen-bond acceptors (Lipinski definition) is 3. The van der Waals surface area contributed by atoms with Gasteiger partial charge in [-0.1, -0.05) is 42.5 Å². The van der Waals surface area contributed by atoms with Crippen LogP contribution in [0.3, 0.4) is 0 Å². The van der Waals surface area contributed by atoms with Gasteiger partial charge in [0, 0.05) is 24.3 Å². The SMILES string of the molecule is CC1(C)COC(c2ccccc2)CN1C(=O)c1ccc(N2CC=CC2)cc1. The van der Waals surface area contributed by atoms with E-state index in [1.165, 1.54) is 0 Å². The van der Waals surface area contributed by atoms with Crippen LogP contribution in [0, 0.1) is 0 Å². The minimum absolute atomic E-state index is 0.0651. The Bertz CT molecular complexity index is 819. The van der Waals surface area contributed by atoms with Crippen molar-refractivity contribution in [1.82, 2.24) is 4.90 Å². The van der Waals surface area contributed by atoms with Gasteiger partial charge in [0.1, 0.15) is 6.10 Å². The van der Waals surface area contributed by atoms with E-state index in [2.05, 4.69) is 43.0 Å². The molecule has 27 heavy (non-hydrogen) atoms. The van der Waals surface area contributed by atoms with Gasteiger partial charge in [0.2, 0.25) is 0 Å². The molecule has 1 atom stereocenters. The molecule has 0 N–H and O–H groups in total. The van der Waals surface area contributed by atoms with E-state index in [1.807, 2.05) is 47.4 Å². The van der Waals surface area contributed by atoms with Crippen LogP contribution < -0.4 is 4.90 Å². The van der Waals surface area contributed by atoms with Gasteiger partial charge in [0.15, 0.2) is 0 Å². The van der Waals surface area contributed by atoms with E-state index in [9.17, 15) is 4.79 Å². The minimum Gasteiger partial charge on any atom is -0.369 e. The first-order valence-corrected chi connectivity index (χ1v) is 9.53. The molecule has 1 unspecified atom stereocenters. The van der Waals surface area contributed by atoms with Gasteiger partial charge in [-0.15, -0.1) is 0 Å². The van der Waals surface area contributed by atoms with Gasteiger partial charge in [-0.2, -0.15) is 0 Å². The van der Waals surface area contributed by atoms with Crippen LogP contribution in [0.15, 0.2) is 66.7 Å². The van der Waals surface area contributed by atoms with Crippen LogP contribution in [0.25, 0.3) is 0 Å². The summed E-state index contributed by atoms with van der Waals surface area (Å²) in [5.74, 6) is 0.0651. The molecule has 4 rings (SSSR count). The number of rotatable bonds is 3. The first kappa shape index (κ1) is 17.8. The second-order valence-corrected chi connectivity index (χ2v) is 7.86. The Kier molecular flexibility index (Phi) is 4.75. The maximum atomic E-state index is 13.3. The lowest BCUT2D eigenvalue weighted by Crippen LogP contribution is -2.56. The highest BCUT2D eigenvalue weighted by atomic mass is 16.5. The Balaban J connectivity index is 1.53. The monoisotopic (exact) mass is 362 g/mol. The number of morpholine rings is 1. The summed E-state index contributed by atoms with van der Waals surface area (Å²) in [5.41, 5.74) is 2.66. The van der Waals surface area contributed by atoms with Crippen molar-refractivity contribution in [3.63, 3.8) is 0 Å². The van der Waals surface area contributed by atoms with Gasteiger partial charge >= 0.3 is 0 Å². The topological polar surface area (TPSA) is 32.8 Å². The predicted molar refractivity (Wildman–Crippen MR) is 108 cm³/mol. The fraction of sp³-hybridized carbons (Fsp3) is 0.348. The highest BCUT2D eigenvalue weighted by molar-refractivity contribution is 5.95. The van der Waals surface area contributed by atoms with Crippen molar-refractivity contribution in [3.05, 3.63) is 77.9 Å². The van der Waals surface area contributed by atoms with Crippen LogP contribution in [0.2, 0.25) is 0 Å². The molecule has 2 heterocycles. The van der Waals surface area contributed by atoms with E-state index >= 15 is 0 Å². The Morgan fingerprint density at radius 2 is 1.67 bits per heavy atom. The van der Waals surface area contributed by atoms with E-state index in [-0.39, 0.29) is 17.6 Å². The zero-order valence-corrected chi connectivity index (χ0v) is 16.0. The van der Waals surface area contributed by atoms with E-state index in [1.54, 1.807) is 0 Å². The Morgan fingerprint density at radius 3 is 2.33 bits per heavy atom. The summed E-state index contributed by atoms with van der Waals surface area (Å²) in [7, 11) is 0. The van der Waals surface area contributed by atoms with Crippen LogP contribution in [-0.2, 0) is 4.74 Å². The lowest BCUT2D eigenvalue weighted by Gasteiger charge is -2.45. The predicted octanol–water partition coefficient (Wildman–Crippen LogP) is 4.06. The first-order chi connectivity index (χ1) is 13.0. The number of carbonyl (C=O) groups excluding carboxylic acids is 1. The van der Waals surface area contributed by atoms with Crippen LogP contribution in [-0.4, -0.2) is 42.6 Å². The zero-order chi connectivity index (χ0) is 18.9. The molecule has 0 bridgehead atoms. The molecule has 140 valence electrons. The number of nitrogens with zero attached hydrogens (tertiary/aromatic N) is 2. The molecular formula is C23H26N2O2. The standard InChI is InChI=1S/C23H26N2O2/c1-23(2)17-27-21(18-8-4-3-5-9-18)16-25(23)22(26)19-10-12-20(13-11-19)24-14-6-7-15-24/h3-13,21H,14-17H2,1-2H3. The molecule has 0 aromatic heterocycles. The van der Waals surface area contributed by atoms with Crippen molar-refractivity contribution in [2.24, 2.45) is 0 Å². The van der Waals surface area contributed by atoms with E-state index in [0.717, 1.165) is 29.9 Å². The lowest BCUT2D eigenvalue weighted by atomic mass is 9.96. The van der Waals surface area contributed by atoms with Gasteiger partial charge in [-0.05, 0) is 43.7 Å². The summed E-state index contributed by atoms with van der Waals surface area (Å²) in [6.45, 7) is 7.08. The molecule has 4 nitrogen and oxygen atoms in total. The van der Waals surface area contributed by atoms with Crippen LogP contribution in [0.5, 0.6) is 0 Å². The Hall–Kier alpha value is -2.59. The van der Waals surface area contributed by atoms with Crippen LogP contribution >= 0.6 is 0 Å². The van der Waals surface area contributed by atoms with Crippen molar-refractivity contribution in [1.29, 1.82) is 0 Å². The second-order valence-electron chi connectivity index (χ2n) is 7.86. The van der Waals surface area contributed by atoms with E-state index in [0.29, 0.717) is 13.2 Å². The summed E-state index contributed by atoms with van der Waals surface area (Å²) in [6, 6.07) is 18.1. The number of ether oxygens (including phenoxy) is 1.